The van der Waals surface area contributed by atoms with Crippen molar-refractivity contribution in [1.82, 2.24) is 9.55 Å². The number of aromatic nitrogens is 2. The van der Waals surface area contributed by atoms with Crippen LogP contribution in [0.5, 0.6) is 0 Å². The maximum atomic E-state index is 11.7. The standard InChI is InChI=1S/C15H20N4O/c1-18(13-7-4-3-5-8-13)11-6-9-16-14-15(20)19(2)12-10-17-14/h3-5,7-8,10,12H,6,9,11H2,1-2H3,(H,16,17). The fourth-order valence-electron chi connectivity index (χ4n) is 1.95. The maximum absolute atomic E-state index is 11.7. The van der Waals surface area contributed by atoms with Gasteiger partial charge in [-0.05, 0) is 18.6 Å². The highest BCUT2D eigenvalue weighted by Crippen LogP contribution is 2.10. The first-order valence-corrected chi connectivity index (χ1v) is 6.70. The van der Waals surface area contributed by atoms with Gasteiger partial charge in [0.2, 0.25) is 0 Å². The predicted octanol–water partition coefficient (Wildman–Crippen LogP) is 1.72. The van der Waals surface area contributed by atoms with Crippen LogP contribution in [0.15, 0.2) is 47.5 Å². The van der Waals surface area contributed by atoms with Gasteiger partial charge in [-0.15, -0.1) is 0 Å². The van der Waals surface area contributed by atoms with E-state index in [4.69, 9.17) is 0 Å². The molecular formula is C15H20N4O. The minimum Gasteiger partial charge on any atom is -0.375 e. The van der Waals surface area contributed by atoms with Gasteiger partial charge in [-0.2, -0.15) is 0 Å². The van der Waals surface area contributed by atoms with Gasteiger partial charge in [0.1, 0.15) is 0 Å². The summed E-state index contributed by atoms with van der Waals surface area (Å²) in [6, 6.07) is 10.2. The summed E-state index contributed by atoms with van der Waals surface area (Å²) < 4.78 is 1.52. The zero-order valence-corrected chi connectivity index (χ0v) is 11.9. The molecule has 5 nitrogen and oxygen atoms in total. The summed E-state index contributed by atoms with van der Waals surface area (Å²) in [5.74, 6) is 0.414. The number of hydrogen-bond donors (Lipinski definition) is 1. The van der Waals surface area contributed by atoms with Crippen molar-refractivity contribution < 1.29 is 0 Å². The quantitative estimate of drug-likeness (QED) is 0.814. The predicted molar refractivity (Wildman–Crippen MR) is 82.3 cm³/mol. The molecule has 0 radical (unpaired) electrons. The van der Waals surface area contributed by atoms with Crippen LogP contribution in [0.3, 0.4) is 0 Å². The second-order valence-electron chi connectivity index (χ2n) is 4.73. The average molecular weight is 272 g/mol. The number of nitrogens with one attached hydrogen (secondary N) is 1. The van der Waals surface area contributed by atoms with E-state index in [1.54, 1.807) is 19.4 Å². The lowest BCUT2D eigenvalue weighted by Crippen LogP contribution is -2.24. The van der Waals surface area contributed by atoms with Crippen LogP contribution >= 0.6 is 0 Å². The maximum Gasteiger partial charge on any atom is 0.293 e. The van der Waals surface area contributed by atoms with Crippen molar-refractivity contribution in [2.24, 2.45) is 7.05 Å². The highest BCUT2D eigenvalue weighted by Gasteiger charge is 2.02. The van der Waals surface area contributed by atoms with Crippen molar-refractivity contribution in [2.75, 3.05) is 30.4 Å². The number of aryl methyl sites for hydroxylation is 1. The van der Waals surface area contributed by atoms with E-state index in [0.29, 0.717) is 5.82 Å². The summed E-state index contributed by atoms with van der Waals surface area (Å²) in [4.78, 5) is 18.0. The van der Waals surface area contributed by atoms with Gasteiger partial charge < -0.3 is 14.8 Å². The highest BCUT2D eigenvalue weighted by atomic mass is 16.1. The van der Waals surface area contributed by atoms with Crippen molar-refractivity contribution in [3.63, 3.8) is 0 Å². The molecule has 2 aromatic rings. The minimum atomic E-state index is -0.0936. The molecule has 1 aromatic carbocycles. The molecule has 0 saturated heterocycles. The summed E-state index contributed by atoms with van der Waals surface area (Å²) in [7, 11) is 3.79. The molecule has 5 heteroatoms. The molecule has 20 heavy (non-hydrogen) atoms. The third kappa shape index (κ3) is 3.60. The van der Waals surface area contributed by atoms with Crippen LogP contribution in [0.2, 0.25) is 0 Å². The van der Waals surface area contributed by atoms with Gasteiger partial charge in [0.15, 0.2) is 5.82 Å². The SMILES string of the molecule is CN(CCCNc1nccn(C)c1=O)c1ccccc1. The van der Waals surface area contributed by atoms with Crippen LogP contribution in [-0.2, 0) is 7.05 Å². The fourth-order valence-corrected chi connectivity index (χ4v) is 1.95. The number of hydrogen-bond acceptors (Lipinski definition) is 4. The zero-order valence-electron chi connectivity index (χ0n) is 11.9. The molecule has 0 spiro atoms. The Labute approximate surface area is 118 Å². The average Bonchev–Trinajstić information content (AvgIpc) is 2.48. The molecule has 0 fully saturated rings. The van der Waals surface area contributed by atoms with E-state index >= 15 is 0 Å². The molecule has 0 saturated carbocycles. The van der Waals surface area contributed by atoms with Gasteiger partial charge in [0.05, 0.1) is 0 Å². The van der Waals surface area contributed by atoms with Crippen molar-refractivity contribution in [2.45, 2.75) is 6.42 Å². The zero-order chi connectivity index (χ0) is 14.4. The van der Waals surface area contributed by atoms with Crippen LogP contribution in [0.4, 0.5) is 11.5 Å². The number of nitrogens with zero attached hydrogens (tertiary/aromatic N) is 3. The summed E-state index contributed by atoms with van der Waals surface area (Å²) in [6.45, 7) is 1.65. The molecule has 1 N–H and O–H groups in total. The molecule has 2 rings (SSSR count). The van der Waals surface area contributed by atoms with Crippen molar-refractivity contribution >= 4 is 11.5 Å². The third-order valence-electron chi connectivity index (χ3n) is 3.18. The lowest BCUT2D eigenvalue weighted by Gasteiger charge is -2.19. The monoisotopic (exact) mass is 272 g/mol. The molecule has 0 aliphatic rings. The van der Waals surface area contributed by atoms with Gasteiger partial charge in [-0.1, -0.05) is 18.2 Å². The topological polar surface area (TPSA) is 50.2 Å². The van der Waals surface area contributed by atoms with Gasteiger partial charge in [0, 0.05) is 45.3 Å². The molecule has 0 unspecified atom stereocenters. The van der Waals surface area contributed by atoms with Gasteiger partial charge in [-0.25, -0.2) is 4.98 Å². The van der Waals surface area contributed by atoms with Crippen molar-refractivity contribution in [3.05, 3.63) is 53.1 Å². The van der Waals surface area contributed by atoms with Crippen molar-refractivity contribution in [1.29, 1.82) is 0 Å². The minimum absolute atomic E-state index is 0.0936. The summed E-state index contributed by atoms with van der Waals surface area (Å²) >= 11 is 0. The van der Waals surface area contributed by atoms with E-state index in [-0.39, 0.29) is 5.56 Å². The molecule has 0 aliphatic carbocycles. The van der Waals surface area contributed by atoms with E-state index in [0.717, 1.165) is 19.5 Å². The van der Waals surface area contributed by atoms with Gasteiger partial charge >= 0.3 is 0 Å². The van der Waals surface area contributed by atoms with E-state index in [9.17, 15) is 4.79 Å². The largest absolute Gasteiger partial charge is 0.375 e. The molecule has 0 amide bonds. The van der Waals surface area contributed by atoms with Gasteiger partial charge in [-0.3, -0.25) is 4.79 Å². The second kappa shape index (κ2) is 6.75. The Hall–Kier alpha value is -2.30. The Morgan fingerprint density at radius 3 is 2.80 bits per heavy atom. The molecule has 0 aliphatic heterocycles. The lowest BCUT2D eigenvalue weighted by molar-refractivity contribution is 0.800. The highest BCUT2D eigenvalue weighted by molar-refractivity contribution is 5.44. The number of benzene rings is 1. The smallest absolute Gasteiger partial charge is 0.293 e. The molecule has 106 valence electrons. The Balaban J connectivity index is 1.79. The second-order valence-corrected chi connectivity index (χ2v) is 4.73. The van der Waals surface area contributed by atoms with Crippen LogP contribution in [0.1, 0.15) is 6.42 Å². The number of para-hydroxylation sites is 1. The Kier molecular flexibility index (Phi) is 4.76. The number of anilines is 2. The van der Waals surface area contributed by atoms with Crippen LogP contribution < -0.4 is 15.8 Å². The van der Waals surface area contributed by atoms with E-state index in [2.05, 4.69) is 34.4 Å². The summed E-state index contributed by atoms with van der Waals surface area (Å²) in [5.41, 5.74) is 1.10. The van der Waals surface area contributed by atoms with E-state index in [1.165, 1.54) is 10.3 Å². The Morgan fingerprint density at radius 1 is 1.30 bits per heavy atom. The van der Waals surface area contributed by atoms with E-state index < -0.39 is 0 Å². The molecule has 0 atom stereocenters. The normalized spacial score (nSPS) is 10.3. The van der Waals surface area contributed by atoms with Crippen LogP contribution in [0, 0.1) is 0 Å². The first-order chi connectivity index (χ1) is 9.68. The number of rotatable bonds is 6. The summed E-state index contributed by atoms with van der Waals surface area (Å²) in [6.07, 6.45) is 4.21. The lowest BCUT2D eigenvalue weighted by atomic mass is 10.3. The molecule has 1 heterocycles. The first-order valence-electron chi connectivity index (χ1n) is 6.70. The Morgan fingerprint density at radius 2 is 2.05 bits per heavy atom. The van der Waals surface area contributed by atoms with Crippen molar-refractivity contribution in [3.8, 4) is 0 Å². The van der Waals surface area contributed by atoms with Crippen LogP contribution in [-0.4, -0.2) is 29.7 Å². The third-order valence-corrected chi connectivity index (χ3v) is 3.18. The molecular weight excluding hydrogens is 252 g/mol. The summed E-state index contributed by atoms with van der Waals surface area (Å²) in [5, 5.41) is 3.09. The van der Waals surface area contributed by atoms with Gasteiger partial charge in [0.25, 0.3) is 5.56 Å². The molecule has 0 bridgehead atoms. The van der Waals surface area contributed by atoms with Crippen LogP contribution in [0.25, 0.3) is 0 Å². The van der Waals surface area contributed by atoms with E-state index in [1.807, 2.05) is 18.2 Å². The molecule has 1 aromatic heterocycles. The fraction of sp³-hybridized carbons (Fsp3) is 0.333. The first kappa shape index (κ1) is 14.1. The Bertz CT molecular complexity index is 594.